The molecule has 146 valence electrons. The van der Waals surface area contributed by atoms with Crippen LogP contribution < -0.4 is 0 Å². The molecular formula is C18H38O6. The predicted molar refractivity (Wildman–Crippen MR) is 94.4 cm³/mol. The van der Waals surface area contributed by atoms with Crippen LogP contribution in [0.25, 0.3) is 0 Å². The highest BCUT2D eigenvalue weighted by molar-refractivity contribution is 4.55. The smallest absolute Gasteiger partial charge is 0.0773 e. The zero-order chi connectivity index (χ0) is 17.7. The van der Waals surface area contributed by atoms with Crippen molar-refractivity contribution in [3.63, 3.8) is 0 Å². The predicted octanol–water partition coefficient (Wildman–Crippen LogP) is 2.16. The minimum atomic E-state index is -0.363. The Bertz CT molecular complexity index is 228. The van der Waals surface area contributed by atoms with Crippen LogP contribution in [0.2, 0.25) is 0 Å². The highest BCUT2D eigenvalue weighted by Crippen LogP contribution is 2.08. The quantitative estimate of drug-likeness (QED) is 0.328. The van der Waals surface area contributed by atoms with Gasteiger partial charge in [0.25, 0.3) is 0 Å². The van der Waals surface area contributed by atoms with Gasteiger partial charge in [0, 0.05) is 0 Å². The normalized spacial score (nSPS) is 12.6. The summed E-state index contributed by atoms with van der Waals surface area (Å²) >= 11 is 0. The number of aliphatic hydroxyl groups excluding tert-OH is 2. The Kier molecular flexibility index (Phi) is 20.6. The number of hydrogen-bond acceptors (Lipinski definition) is 6. The summed E-state index contributed by atoms with van der Waals surface area (Å²) < 4.78 is 21.1. The van der Waals surface area contributed by atoms with Crippen molar-refractivity contribution < 1.29 is 29.2 Å². The number of unbranched alkanes of at least 4 members (excludes halogenated alkanes) is 5. The van der Waals surface area contributed by atoms with Gasteiger partial charge in [0.2, 0.25) is 0 Å². The largest absolute Gasteiger partial charge is 0.394 e. The molecule has 0 aliphatic heterocycles. The van der Waals surface area contributed by atoms with E-state index in [0.717, 1.165) is 12.8 Å². The molecule has 1 unspecified atom stereocenters. The molecule has 6 heteroatoms. The molecule has 0 saturated heterocycles. The summed E-state index contributed by atoms with van der Waals surface area (Å²) in [4.78, 5) is 0. The van der Waals surface area contributed by atoms with E-state index in [4.69, 9.17) is 24.1 Å². The molecule has 0 aromatic carbocycles. The van der Waals surface area contributed by atoms with Crippen LogP contribution in [-0.4, -0.2) is 75.8 Å². The first-order chi connectivity index (χ1) is 11.8. The fourth-order valence-corrected chi connectivity index (χ4v) is 2.19. The maximum absolute atomic E-state index is 9.80. The van der Waals surface area contributed by atoms with Crippen molar-refractivity contribution in [2.24, 2.45) is 0 Å². The first kappa shape index (κ1) is 23.8. The first-order valence-corrected chi connectivity index (χ1v) is 9.41. The lowest BCUT2D eigenvalue weighted by atomic mass is 10.1. The molecule has 0 amide bonds. The molecule has 6 nitrogen and oxygen atoms in total. The zero-order valence-electron chi connectivity index (χ0n) is 15.4. The van der Waals surface area contributed by atoms with Crippen LogP contribution in [-0.2, 0) is 18.9 Å². The van der Waals surface area contributed by atoms with Gasteiger partial charge >= 0.3 is 0 Å². The highest BCUT2D eigenvalue weighted by atomic mass is 16.6. The Balaban J connectivity index is 3.10. The van der Waals surface area contributed by atoms with Crippen LogP contribution in [0, 0.1) is 0 Å². The Morgan fingerprint density at radius 1 is 0.667 bits per heavy atom. The second-order valence-corrected chi connectivity index (χ2v) is 5.85. The van der Waals surface area contributed by atoms with E-state index >= 15 is 0 Å². The maximum atomic E-state index is 9.80. The molecule has 2 N–H and O–H groups in total. The molecule has 0 bridgehead atoms. The van der Waals surface area contributed by atoms with Gasteiger partial charge in [-0.15, -0.1) is 0 Å². The molecule has 1 atom stereocenters. The number of rotatable bonds is 20. The number of ether oxygens (including phenoxy) is 4. The van der Waals surface area contributed by atoms with Crippen LogP contribution >= 0.6 is 0 Å². The van der Waals surface area contributed by atoms with Gasteiger partial charge in [-0.3, -0.25) is 0 Å². The van der Waals surface area contributed by atoms with Crippen molar-refractivity contribution in [1.29, 1.82) is 0 Å². The van der Waals surface area contributed by atoms with Crippen LogP contribution in [0.5, 0.6) is 0 Å². The van der Waals surface area contributed by atoms with E-state index in [1.54, 1.807) is 0 Å². The second kappa shape index (κ2) is 20.8. The standard InChI is InChI=1S/C18H38O6/c1-2-3-4-5-6-7-8-18(20)17-24-16-15-23-14-13-22-12-11-21-10-9-19/h18-20H,2-17H2,1H3. The summed E-state index contributed by atoms with van der Waals surface area (Å²) in [5, 5.41) is 18.3. The van der Waals surface area contributed by atoms with Crippen molar-refractivity contribution in [2.45, 2.75) is 58.0 Å². The Labute approximate surface area is 147 Å². The monoisotopic (exact) mass is 350 g/mol. The van der Waals surface area contributed by atoms with Crippen molar-refractivity contribution >= 4 is 0 Å². The molecule has 24 heavy (non-hydrogen) atoms. The summed E-state index contributed by atoms with van der Waals surface area (Å²) in [6, 6.07) is 0. The topological polar surface area (TPSA) is 77.4 Å². The van der Waals surface area contributed by atoms with Gasteiger partial charge in [0.05, 0.1) is 65.6 Å². The molecule has 0 rings (SSSR count). The Morgan fingerprint density at radius 3 is 1.75 bits per heavy atom. The summed E-state index contributed by atoms with van der Waals surface area (Å²) in [6.07, 6.45) is 7.88. The zero-order valence-corrected chi connectivity index (χ0v) is 15.4. The number of hydrogen-bond donors (Lipinski definition) is 2. The van der Waals surface area contributed by atoms with E-state index < -0.39 is 0 Å². The second-order valence-electron chi connectivity index (χ2n) is 5.85. The Morgan fingerprint density at radius 2 is 1.17 bits per heavy atom. The molecule has 0 heterocycles. The molecule has 0 aromatic rings. The lowest BCUT2D eigenvalue weighted by Crippen LogP contribution is -2.18. The highest BCUT2D eigenvalue weighted by Gasteiger charge is 2.03. The minimum Gasteiger partial charge on any atom is -0.394 e. The average Bonchev–Trinajstić information content (AvgIpc) is 2.59. The van der Waals surface area contributed by atoms with Crippen LogP contribution in [0.15, 0.2) is 0 Å². The van der Waals surface area contributed by atoms with Gasteiger partial charge in [0.15, 0.2) is 0 Å². The summed E-state index contributed by atoms with van der Waals surface area (Å²) in [6.45, 7) is 6.02. The van der Waals surface area contributed by atoms with Crippen LogP contribution in [0.4, 0.5) is 0 Å². The molecule has 0 aromatic heterocycles. The van der Waals surface area contributed by atoms with Gasteiger partial charge in [-0.2, -0.15) is 0 Å². The van der Waals surface area contributed by atoms with E-state index in [-0.39, 0.29) is 12.7 Å². The van der Waals surface area contributed by atoms with E-state index in [2.05, 4.69) is 6.92 Å². The lowest BCUT2D eigenvalue weighted by Gasteiger charge is -2.11. The van der Waals surface area contributed by atoms with Crippen molar-refractivity contribution in [3.8, 4) is 0 Å². The molecule has 0 aliphatic carbocycles. The summed E-state index contributed by atoms with van der Waals surface area (Å²) in [5.74, 6) is 0. The van der Waals surface area contributed by atoms with Gasteiger partial charge in [0.1, 0.15) is 0 Å². The van der Waals surface area contributed by atoms with Crippen molar-refractivity contribution in [3.05, 3.63) is 0 Å². The fraction of sp³-hybridized carbons (Fsp3) is 1.00. The van der Waals surface area contributed by atoms with Crippen molar-refractivity contribution in [1.82, 2.24) is 0 Å². The molecule has 0 saturated carbocycles. The van der Waals surface area contributed by atoms with E-state index in [0.29, 0.717) is 52.9 Å². The van der Waals surface area contributed by atoms with Crippen LogP contribution in [0.1, 0.15) is 51.9 Å². The van der Waals surface area contributed by atoms with Gasteiger partial charge in [-0.05, 0) is 6.42 Å². The first-order valence-electron chi connectivity index (χ1n) is 9.41. The van der Waals surface area contributed by atoms with Gasteiger partial charge in [-0.1, -0.05) is 45.4 Å². The van der Waals surface area contributed by atoms with E-state index in [1.807, 2.05) is 0 Å². The third kappa shape index (κ3) is 19.8. The number of aliphatic hydroxyl groups is 2. The van der Waals surface area contributed by atoms with Gasteiger partial charge < -0.3 is 29.2 Å². The van der Waals surface area contributed by atoms with Crippen LogP contribution in [0.3, 0.4) is 0 Å². The van der Waals surface area contributed by atoms with Gasteiger partial charge in [-0.25, -0.2) is 0 Å². The maximum Gasteiger partial charge on any atom is 0.0773 e. The van der Waals surface area contributed by atoms with E-state index in [9.17, 15) is 5.11 Å². The molecule has 0 aliphatic rings. The molecule has 0 radical (unpaired) electrons. The SMILES string of the molecule is CCCCCCCCC(O)COCCOCCOCCOCCO. The molecule has 0 fully saturated rings. The molecular weight excluding hydrogens is 312 g/mol. The molecule has 0 spiro atoms. The third-order valence-electron chi connectivity index (χ3n) is 3.55. The third-order valence-corrected chi connectivity index (χ3v) is 3.55. The van der Waals surface area contributed by atoms with Crippen molar-refractivity contribution in [2.75, 3.05) is 59.5 Å². The Hall–Kier alpha value is -0.240. The fourth-order valence-electron chi connectivity index (χ4n) is 2.19. The average molecular weight is 350 g/mol. The summed E-state index contributed by atoms with van der Waals surface area (Å²) in [7, 11) is 0. The minimum absolute atomic E-state index is 0.0385. The summed E-state index contributed by atoms with van der Waals surface area (Å²) in [5.41, 5.74) is 0. The lowest BCUT2D eigenvalue weighted by molar-refractivity contribution is -0.0197. The van der Waals surface area contributed by atoms with E-state index in [1.165, 1.54) is 32.1 Å².